The summed E-state index contributed by atoms with van der Waals surface area (Å²) in [6.45, 7) is 11.3. The monoisotopic (exact) mass is 731 g/mol. The maximum Gasteiger partial charge on any atom is 0.410 e. The summed E-state index contributed by atoms with van der Waals surface area (Å²) in [5, 5.41) is 12.2. The molecule has 0 bridgehead atoms. The molecule has 5 amide bonds. The second-order valence-electron chi connectivity index (χ2n) is 16.0. The zero-order valence-electron chi connectivity index (χ0n) is 30.0. The van der Waals surface area contributed by atoms with Crippen LogP contribution in [0.3, 0.4) is 0 Å². The average Bonchev–Trinajstić information content (AvgIpc) is 3.96. The lowest BCUT2D eigenvalue weighted by atomic mass is 9.88. The predicted molar refractivity (Wildman–Crippen MR) is 187 cm³/mol. The van der Waals surface area contributed by atoms with Gasteiger partial charge in [0.1, 0.15) is 30.0 Å². The van der Waals surface area contributed by atoms with Gasteiger partial charge in [0.15, 0.2) is 0 Å². The first-order valence-corrected chi connectivity index (χ1v) is 21.4. The molecule has 3 N–H and O–H groups in total. The van der Waals surface area contributed by atoms with Gasteiger partial charge in [-0.05, 0) is 88.5 Å². The molecule has 0 radical (unpaired) electrons. The van der Waals surface area contributed by atoms with Gasteiger partial charge in [-0.15, -0.1) is 0 Å². The van der Waals surface area contributed by atoms with Gasteiger partial charge in [-0.25, -0.2) is 4.79 Å². The summed E-state index contributed by atoms with van der Waals surface area (Å²) in [6, 6.07) is 3.15. The number of hydrogen-bond acceptors (Lipinski definition) is 6. The second-order valence-corrected chi connectivity index (χ2v) is 21.6. The third-order valence-corrected chi connectivity index (χ3v) is 12.2. The highest BCUT2D eigenvalue weighted by molar-refractivity contribution is 6.76. The van der Waals surface area contributed by atoms with Gasteiger partial charge in [0.05, 0.1) is 12.2 Å². The van der Waals surface area contributed by atoms with Crippen LogP contribution in [0.1, 0.15) is 68.5 Å². The topological polar surface area (TPSA) is 138 Å². The first-order chi connectivity index (χ1) is 23.9. The number of carbonyl (C=O) groups excluding carboxylic acids is 4. The van der Waals surface area contributed by atoms with E-state index in [-0.39, 0.29) is 18.7 Å². The fourth-order valence-electron chi connectivity index (χ4n) is 7.33. The van der Waals surface area contributed by atoms with Gasteiger partial charge in [0.25, 0.3) is 11.8 Å². The zero-order valence-corrected chi connectivity index (χ0v) is 31.0. The van der Waals surface area contributed by atoms with Crippen LogP contribution in [0.25, 0.3) is 0 Å². The van der Waals surface area contributed by atoms with Crippen LogP contribution >= 0.6 is 0 Å². The molecule has 3 atom stereocenters. The van der Waals surface area contributed by atoms with Crippen molar-refractivity contribution in [3.63, 3.8) is 0 Å². The van der Waals surface area contributed by atoms with Crippen molar-refractivity contribution >= 4 is 43.2 Å². The number of amides is 5. The molecule has 0 unspecified atom stereocenters. The Bertz CT molecular complexity index is 1670. The molecule has 2 saturated carbocycles. The van der Waals surface area contributed by atoms with Gasteiger partial charge in [-0.2, -0.15) is 18.3 Å². The molecular formula is C35H48F3N7O5Si. The van der Waals surface area contributed by atoms with Crippen LogP contribution in [0.4, 0.5) is 29.3 Å². The summed E-state index contributed by atoms with van der Waals surface area (Å²) >= 11 is 0. The van der Waals surface area contributed by atoms with E-state index in [0.717, 1.165) is 36.6 Å². The van der Waals surface area contributed by atoms with E-state index in [2.05, 4.69) is 35.4 Å². The molecule has 4 aliphatic rings. The summed E-state index contributed by atoms with van der Waals surface area (Å²) in [7, 11) is -1.48. The quantitative estimate of drug-likeness (QED) is 0.174. The van der Waals surface area contributed by atoms with Crippen LogP contribution in [-0.2, 0) is 19.9 Å². The molecule has 12 nitrogen and oxygen atoms in total. The van der Waals surface area contributed by atoms with Crippen molar-refractivity contribution < 1.29 is 37.1 Å². The fraction of sp³-hybridized carbons (Fsp3) is 0.629. The van der Waals surface area contributed by atoms with Crippen LogP contribution in [0.2, 0.25) is 25.7 Å². The number of alkyl halides is 3. The van der Waals surface area contributed by atoms with Crippen molar-refractivity contribution in [1.29, 1.82) is 0 Å². The number of carbonyl (C=O) groups is 4. The number of ether oxygens (including phenoxy) is 1. The molecule has 16 heteroatoms. The lowest BCUT2D eigenvalue weighted by molar-refractivity contribution is -0.152. The molecular weight excluding hydrogens is 684 g/mol. The van der Waals surface area contributed by atoms with Crippen LogP contribution < -0.4 is 20.9 Å². The number of benzene rings is 1. The van der Waals surface area contributed by atoms with Crippen molar-refractivity contribution in [2.75, 3.05) is 30.1 Å². The van der Waals surface area contributed by atoms with E-state index in [1.165, 1.54) is 11.8 Å². The Morgan fingerprint density at radius 3 is 2.33 bits per heavy atom. The molecule has 2 aliphatic carbocycles. The number of nitrogens with zero attached hydrogens (tertiary/aromatic N) is 4. The van der Waals surface area contributed by atoms with E-state index < -0.39 is 62.2 Å². The third-order valence-electron chi connectivity index (χ3n) is 10.5. The largest absolute Gasteiger partial charge is 0.410 e. The Morgan fingerprint density at radius 2 is 1.76 bits per heavy atom. The van der Waals surface area contributed by atoms with Crippen LogP contribution in [0, 0.1) is 17.8 Å². The summed E-state index contributed by atoms with van der Waals surface area (Å²) < 4.78 is 48.6. The Balaban J connectivity index is 1.29. The molecule has 51 heavy (non-hydrogen) atoms. The summed E-state index contributed by atoms with van der Waals surface area (Å²) in [6.07, 6.45) is 0.787. The van der Waals surface area contributed by atoms with Crippen LogP contribution in [-0.4, -0.2) is 84.6 Å². The maximum atomic E-state index is 14.2. The van der Waals surface area contributed by atoms with Crippen LogP contribution in [0.15, 0.2) is 30.5 Å². The first kappa shape index (κ1) is 36.9. The Kier molecular flexibility index (Phi) is 9.80. The number of anilines is 2. The van der Waals surface area contributed by atoms with E-state index in [0.29, 0.717) is 41.1 Å². The second kappa shape index (κ2) is 13.6. The Labute approximate surface area is 296 Å². The third kappa shape index (κ3) is 7.52. The van der Waals surface area contributed by atoms with E-state index in [1.807, 2.05) is 19.2 Å². The normalized spacial score (nSPS) is 22.8. The van der Waals surface area contributed by atoms with E-state index in [9.17, 15) is 32.3 Å². The van der Waals surface area contributed by atoms with Gasteiger partial charge < -0.3 is 25.6 Å². The number of urea groups is 1. The van der Waals surface area contributed by atoms with E-state index >= 15 is 0 Å². The minimum absolute atomic E-state index is 0.0461. The molecule has 3 heterocycles. The molecule has 1 aromatic carbocycles. The molecule has 3 fully saturated rings. The average molecular weight is 732 g/mol. The van der Waals surface area contributed by atoms with Gasteiger partial charge in [-0.3, -0.25) is 24.0 Å². The minimum atomic E-state index is -4.70. The highest BCUT2D eigenvalue weighted by Crippen LogP contribution is 2.51. The number of halogens is 3. The van der Waals surface area contributed by atoms with Gasteiger partial charge in [0.2, 0.25) is 5.91 Å². The smallest absolute Gasteiger partial charge is 0.361 e. The lowest BCUT2D eigenvalue weighted by Crippen LogP contribution is -2.52. The molecule has 2 aromatic rings. The highest BCUT2D eigenvalue weighted by atomic mass is 28.3. The standard InChI is InChI=1S/C35H48F3N7O5Si/c1-20(2)45-25(13-14-39-45)30(46)42-29(28(21-7-8-21)22-9-10-22)31(47)40-23-11-12-24-26(17-23)43(19-50-15-16-51(4,5)6)32(48)34(24,3)44-18-27(35(36,37)38)41-33(44)49/h11-14,17,20-22,27-29H,7-10,15-16,18-19H2,1-6H3,(H,40,47)(H,41,49)(H,42,46)/t27-,29-,34-/m0/s1. The summed E-state index contributed by atoms with van der Waals surface area (Å²) in [4.78, 5) is 57.2. The fourth-order valence-corrected chi connectivity index (χ4v) is 8.09. The van der Waals surface area contributed by atoms with E-state index in [4.69, 9.17) is 4.74 Å². The maximum absolute atomic E-state index is 14.2. The number of rotatable bonds is 14. The molecule has 1 aromatic heterocycles. The molecule has 278 valence electrons. The van der Waals surface area contributed by atoms with Gasteiger partial charge in [-0.1, -0.05) is 25.7 Å². The van der Waals surface area contributed by atoms with Crippen molar-refractivity contribution in [2.45, 2.75) is 102 Å². The lowest BCUT2D eigenvalue weighted by Gasteiger charge is -2.33. The molecule has 6 rings (SSSR count). The number of fused-ring (bicyclic) bond motifs is 1. The zero-order chi connectivity index (χ0) is 37.0. The number of nitrogens with one attached hydrogen (secondary N) is 3. The molecule has 0 spiro atoms. The molecule has 1 saturated heterocycles. The highest BCUT2D eigenvalue weighted by Gasteiger charge is 2.59. The number of aromatic nitrogens is 2. The number of hydrogen-bond donors (Lipinski definition) is 3. The summed E-state index contributed by atoms with van der Waals surface area (Å²) in [5.74, 6) is -0.822. The van der Waals surface area contributed by atoms with E-state index in [1.54, 1.807) is 35.1 Å². The summed E-state index contributed by atoms with van der Waals surface area (Å²) in [5.41, 5.74) is -0.439. The van der Waals surface area contributed by atoms with Crippen LogP contribution in [0.5, 0.6) is 0 Å². The Morgan fingerprint density at radius 1 is 1.10 bits per heavy atom. The van der Waals surface area contributed by atoms with Crippen molar-refractivity contribution in [2.24, 2.45) is 17.8 Å². The van der Waals surface area contributed by atoms with Crippen molar-refractivity contribution in [3.8, 4) is 0 Å². The van der Waals surface area contributed by atoms with Crippen molar-refractivity contribution in [1.82, 2.24) is 25.3 Å². The van der Waals surface area contributed by atoms with Gasteiger partial charge >= 0.3 is 12.2 Å². The minimum Gasteiger partial charge on any atom is -0.361 e. The van der Waals surface area contributed by atoms with Gasteiger partial charge in [0, 0.05) is 38.2 Å². The molecule has 2 aliphatic heterocycles. The van der Waals surface area contributed by atoms with Crippen molar-refractivity contribution in [3.05, 3.63) is 41.7 Å². The Hall–Kier alpha value is -3.92. The SMILES string of the molecule is CC(C)n1nccc1C(=O)N[C@H](C(=O)Nc1ccc2c(c1)N(COCC[Si](C)(C)C)C(=O)[C@@]2(C)N1C[C@@H](C(F)(F)F)NC1=O)C(C1CC1)C1CC1. The predicted octanol–water partition coefficient (Wildman–Crippen LogP) is 5.47. The first-order valence-electron chi connectivity index (χ1n) is 17.7.